The van der Waals surface area contributed by atoms with Crippen LogP contribution < -0.4 is 10.1 Å². The molecule has 0 atom stereocenters. The van der Waals surface area contributed by atoms with E-state index < -0.39 is 0 Å². The number of amides is 1. The molecule has 1 amide bonds. The van der Waals surface area contributed by atoms with E-state index in [-0.39, 0.29) is 5.91 Å². The van der Waals surface area contributed by atoms with Gasteiger partial charge in [-0.25, -0.2) is 0 Å². The summed E-state index contributed by atoms with van der Waals surface area (Å²) >= 11 is 1.77. The lowest BCUT2D eigenvalue weighted by Crippen LogP contribution is -2.17. The number of benzene rings is 1. The van der Waals surface area contributed by atoms with E-state index in [9.17, 15) is 4.79 Å². The van der Waals surface area contributed by atoms with Crippen molar-refractivity contribution < 1.29 is 9.53 Å². The highest BCUT2D eigenvalue weighted by molar-refractivity contribution is 7.97. The Kier molecular flexibility index (Phi) is 6.27. The summed E-state index contributed by atoms with van der Waals surface area (Å²) in [7, 11) is 1.64. The molecule has 1 heterocycles. The first-order valence-corrected chi connectivity index (χ1v) is 8.35. The Hall–Kier alpha value is -2.01. The van der Waals surface area contributed by atoms with Gasteiger partial charge in [0.15, 0.2) is 0 Å². The summed E-state index contributed by atoms with van der Waals surface area (Å²) in [5.41, 5.74) is 2.85. The minimum absolute atomic E-state index is 0.0555. The summed E-state index contributed by atoms with van der Waals surface area (Å²) in [5, 5.41) is 2.64. The predicted molar refractivity (Wildman–Crippen MR) is 90.2 cm³/mol. The molecule has 1 aromatic carbocycles. The van der Waals surface area contributed by atoms with Gasteiger partial charge in [-0.2, -0.15) is 11.8 Å². The van der Waals surface area contributed by atoms with Crippen molar-refractivity contribution in [2.45, 2.75) is 18.4 Å². The summed E-state index contributed by atoms with van der Waals surface area (Å²) in [6, 6.07) is 11.6. The Morgan fingerprint density at radius 2 is 2.14 bits per heavy atom. The van der Waals surface area contributed by atoms with Gasteiger partial charge >= 0.3 is 0 Å². The van der Waals surface area contributed by atoms with E-state index in [4.69, 9.17) is 4.74 Å². The highest BCUT2D eigenvalue weighted by Gasteiger charge is 2.04. The molecule has 1 N–H and O–H groups in total. The lowest BCUT2D eigenvalue weighted by atomic mass is 10.1. The maximum atomic E-state index is 11.6. The molecule has 0 saturated carbocycles. The number of aromatic nitrogens is 1. The van der Waals surface area contributed by atoms with Crippen LogP contribution in [0.2, 0.25) is 0 Å². The van der Waals surface area contributed by atoms with Gasteiger partial charge in [-0.05, 0) is 36.8 Å². The van der Waals surface area contributed by atoms with Crippen LogP contribution >= 0.6 is 11.8 Å². The second kappa shape index (κ2) is 8.44. The number of nitrogens with one attached hydrogen (secondary N) is 1. The summed E-state index contributed by atoms with van der Waals surface area (Å²) in [5.74, 6) is 2.42. The molecular weight excluding hydrogens is 296 g/mol. The molecule has 2 aromatic rings. The molecule has 5 heteroatoms. The van der Waals surface area contributed by atoms with E-state index in [0.717, 1.165) is 28.5 Å². The molecule has 0 radical (unpaired) electrons. The van der Waals surface area contributed by atoms with Crippen LogP contribution in [0.25, 0.3) is 0 Å². The Morgan fingerprint density at radius 1 is 1.27 bits per heavy atom. The van der Waals surface area contributed by atoms with Crippen molar-refractivity contribution in [3.05, 3.63) is 59.4 Å². The van der Waals surface area contributed by atoms with E-state index >= 15 is 0 Å². The normalized spacial score (nSPS) is 10.3. The van der Waals surface area contributed by atoms with E-state index in [0.29, 0.717) is 12.2 Å². The number of ether oxygens (including phenoxy) is 1. The zero-order valence-corrected chi connectivity index (χ0v) is 13.7. The summed E-state index contributed by atoms with van der Waals surface area (Å²) in [4.78, 5) is 16.0. The SMILES string of the molecule is CCOc1ccc(CSCc2cccc(C(=O)NC)c2)nc1. The molecule has 0 saturated heterocycles. The van der Waals surface area contributed by atoms with Crippen molar-refractivity contribution in [2.24, 2.45) is 0 Å². The van der Waals surface area contributed by atoms with E-state index in [1.165, 1.54) is 0 Å². The first kappa shape index (κ1) is 16.4. The van der Waals surface area contributed by atoms with Crippen LogP contribution in [0.3, 0.4) is 0 Å². The molecule has 0 aliphatic heterocycles. The first-order chi connectivity index (χ1) is 10.7. The quantitative estimate of drug-likeness (QED) is 0.852. The third-order valence-electron chi connectivity index (χ3n) is 3.04. The fourth-order valence-electron chi connectivity index (χ4n) is 1.97. The molecule has 0 fully saturated rings. The minimum Gasteiger partial charge on any atom is -0.492 e. The minimum atomic E-state index is -0.0555. The number of hydrogen-bond acceptors (Lipinski definition) is 4. The Balaban J connectivity index is 1.86. The maximum absolute atomic E-state index is 11.6. The lowest BCUT2D eigenvalue weighted by Gasteiger charge is -2.06. The number of pyridine rings is 1. The van der Waals surface area contributed by atoms with Crippen molar-refractivity contribution >= 4 is 17.7 Å². The molecule has 2 rings (SSSR count). The van der Waals surface area contributed by atoms with Gasteiger partial charge in [-0.15, -0.1) is 0 Å². The molecule has 116 valence electrons. The summed E-state index contributed by atoms with van der Waals surface area (Å²) < 4.78 is 5.37. The third-order valence-corrected chi connectivity index (χ3v) is 4.08. The maximum Gasteiger partial charge on any atom is 0.251 e. The smallest absolute Gasteiger partial charge is 0.251 e. The van der Waals surface area contributed by atoms with E-state index in [1.807, 2.05) is 43.3 Å². The van der Waals surface area contributed by atoms with Gasteiger partial charge in [0.1, 0.15) is 5.75 Å². The summed E-state index contributed by atoms with van der Waals surface area (Å²) in [6.07, 6.45) is 1.76. The predicted octanol–water partition coefficient (Wildman–Crippen LogP) is 3.27. The fourth-order valence-corrected chi connectivity index (χ4v) is 2.87. The van der Waals surface area contributed by atoms with Crippen LogP contribution in [0.1, 0.15) is 28.5 Å². The Labute approximate surface area is 135 Å². The van der Waals surface area contributed by atoms with Gasteiger partial charge < -0.3 is 10.1 Å². The van der Waals surface area contributed by atoms with Gasteiger partial charge in [-0.1, -0.05) is 12.1 Å². The topological polar surface area (TPSA) is 51.2 Å². The zero-order chi connectivity index (χ0) is 15.8. The van der Waals surface area contributed by atoms with Crippen LogP contribution in [0, 0.1) is 0 Å². The number of carbonyl (C=O) groups excluding carboxylic acids is 1. The number of carbonyl (C=O) groups is 1. The number of rotatable bonds is 7. The van der Waals surface area contributed by atoms with Crippen LogP contribution in [-0.4, -0.2) is 24.5 Å². The van der Waals surface area contributed by atoms with Gasteiger partial charge in [-0.3, -0.25) is 9.78 Å². The van der Waals surface area contributed by atoms with Crippen LogP contribution in [0.4, 0.5) is 0 Å². The lowest BCUT2D eigenvalue weighted by molar-refractivity contribution is 0.0963. The molecule has 0 aliphatic carbocycles. The fraction of sp³-hybridized carbons (Fsp3) is 0.294. The van der Waals surface area contributed by atoms with Gasteiger partial charge in [0.05, 0.1) is 18.5 Å². The van der Waals surface area contributed by atoms with E-state index in [2.05, 4.69) is 10.3 Å². The molecule has 4 nitrogen and oxygen atoms in total. The van der Waals surface area contributed by atoms with Crippen molar-refractivity contribution in [1.29, 1.82) is 0 Å². The Bertz CT molecular complexity index is 614. The second-order valence-corrected chi connectivity index (χ2v) is 5.68. The molecule has 0 unspecified atom stereocenters. The third kappa shape index (κ3) is 4.77. The second-order valence-electron chi connectivity index (χ2n) is 4.69. The zero-order valence-electron chi connectivity index (χ0n) is 12.8. The van der Waals surface area contributed by atoms with Gasteiger partial charge in [0.2, 0.25) is 0 Å². The average molecular weight is 316 g/mol. The van der Waals surface area contributed by atoms with E-state index in [1.54, 1.807) is 25.0 Å². The molecule has 1 aromatic heterocycles. The van der Waals surface area contributed by atoms with Crippen LogP contribution in [0.5, 0.6) is 5.75 Å². The number of nitrogens with zero attached hydrogens (tertiary/aromatic N) is 1. The van der Waals surface area contributed by atoms with Crippen molar-refractivity contribution in [2.75, 3.05) is 13.7 Å². The monoisotopic (exact) mass is 316 g/mol. The number of thioether (sulfide) groups is 1. The van der Waals surface area contributed by atoms with Crippen molar-refractivity contribution in [3.8, 4) is 5.75 Å². The van der Waals surface area contributed by atoms with Gasteiger partial charge in [0.25, 0.3) is 5.91 Å². The highest BCUT2D eigenvalue weighted by atomic mass is 32.2. The molecule has 0 spiro atoms. The van der Waals surface area contributed by atoms with Crippen LogP contribution in [-0.2, 0) is 11.5 Å². The highest BCUT2D eigenvalue weighted by Crippen LogP contribution is 2.19. The van der Waals surface area contributed by atoms with Crippen LogP contribution in [0.15, 0.2) is 42.6 Å². The molecule has 22 heavy (non-hydrogen) atoms. The largest absolute Gasteiger partial charge is 0.492 e. The standard InChI is InChI=1S/C17H20N2O2S/c1-3-21-16-8-7-15(19-10-16)12-22-11-13-5-4-6-14(9-13)17(20)18-2/h4-10H,3,11-12H2,1-2H3,(H,18,20). The molecule has 0 bridgehead atoms. The Morgan fingerprint density at radius 3 is 2.82 bits per heavy atom. The summed E-state index contributed by atoms with van der Waals surface area (Å²) in [6.45, 7) is 2.61. The van der Waals surface area contributed by atoms with Gasteiger partial charge in [0, 0.05) is 24.1 Å². The molecule has 0 aliphatic rings. The van der Waals surface area contributed by atoms with Crippen molar-refractivity contribution in [1.82, 2.24) is 10.3 Å². The average Bonchev–Trinajstić information content (AvgIpc) is 2.56. The molecular formula is C17H20N2O2S. The van der Waals surface area contributed by atoms with Crippen molar-refractivity contribution in [3.63, 3.8) is 0 Å². The first-order valence-electron chi connectivity index (χ1n) is 7.19. The number of hydrogen-bond donors (Lipinski definition) is 1.